The van der Waals surface area contributed by atoms with Crippen molar-refractivity contribution in [2.45, 2.75) is 83.5 Å². The molecule has 2 heterocycles. The molecule has 0 fully saturated rings. The smallest absolute Gasteiger partial charge is 0.194 e. The molecule has 56 heavy (non-hydrogen) atoms. The summed E-state index contributed by atoms with van der Waals surface area (Å²) in [6, 6.07) is 24.3. The van der Waals surface area contributed by atoms with E-state index in [-0.39, 0.29) is 26.8 Å². The van der Waals surface area contributed by atoms with Crippen molar-refractivity contribution >= 4 is 65.7 Å². The molecule has 0 saturated carbocycles. The minimum absolute atomic E-state index is 0.204. The topological polar surface area (TPSA) is 0 Å². The fourth-order valence-corrected chi connectivity index (χ4v) is 10.3. The van der Waals surface area contributed by atoms with Crippen LogP contribution in [-0.2, 0) is 10.8 Å². The molecular weight excluding hydrogens is 890 g/mol. The fourth-order valence-electron chi connectivity index (χ4n) is 7.32. The Labute approximate surface area is 349 Å². The summed E-state index contributed by atoms with van der Waals surface area (Å²) < 4.78 is 101. The predicted molar refractivity (Wildman–Crippen MR) is 229 cm³/mol. The Morgan fingerprint density at radius 1 is 0.589 bits per heavy atom. The van der Waals surface area contributed by atoms with Gasteiger partial charge in [-0.05, 0) is 87.0 Å². The second-order valence-electron chi connectivity index (χ2n) is 16.9. The van der Waals surface area contributed by atoms with E-state index in [1.807, 2.05) is 58.1 Å². The van der Waals surface area contributed by atoms with Crippen LogP contribution in [0.25, 0.3) is 42.5 Å². The summed E-state index contributed by atoms with van der Waals surface area (Å²) in [4.78, 5) is 1.50. The molecule has 0 bridgehead atoms. The highest BCUT2D eigenvalue weighted by molar-refractivity contribution is 9.10. The molecule has 0 aliphatic heterocycles. The first-order valence-electron chi connectivity index (χ1n) is 18.2. The average Bonchev–Trinajstić information content (AvgIpc) is 3.78. The summed E-state index contributed by atoms with van der Waals surface area (Å²) >= 11 is 9.14. The van der Waals surface area contributed by atoms with Crippen molar-refractivity contribution in [1.82, 2.24) is 0 Å². The van der Waals surface area contributed by atoms with Gasteiger partial charge in [0.1, 0.15) is 0 Å². The SMILES string of the molecule is CC(C)(C)C1=CCC(C)(c2sc(-c3ccc(Br)cc3)cc2C2=C(c3cc(-c4ccc(Br)cc4)sc3-c3ccc(C(C)(C)C)cc3)C(F)(F)C(F)(F)C2(F)F)C=C1. The Balaban J connectivity index is 1.56. The third-order valence-corrected chi connectivity index (χ3v) is 14.5. The Morgan fingerprint density at radius 3 is 1.52 bits per heavy atom. The Morgan fingerprint density at radius 2 is 1.05 bits per heavy atom. The lowest BCUT2D eigenvalue weighted by molar-refractivity contribution is -0.254. The third-order valence-electron chi connectivity index (χ3n) is 10.7. The van der Waals surface area contributed by atoms with Gasteiger partial charge in [-0.25, -0.2) is 0 Å². The van der Waals surface area contributed by atoms with Crippen molar-refractivity contribution in [3.05, 3.63) is 139 Å². The molecule has 0 amide bonds. The molecule has 0 N–H and O–H groups in total. The fraction of sp³-hybridized carbons (Fsp3) is 0.304. The monoisotopic (exact) mass is 928 g/mol. The van der Waals surface area contributed by atoms with Crippen LogP contribution in [0.5, 0.6) is 0 Å². The summed E-state index contributed by atoms with van der Waals surface area (Å²) in [5.41, 5.74) is -0.974. The summed E-state index contributed by atoms with van der Waals surface area (Å²) in [6.07, 6.45) is 6.22. The molecule has 2 aliphatic carbocycles. The minimum Gasteiger partial charge on any atom is -0.194 e. The first kappa shape index (κ1) is 41.0. The van der Waals surface area contributed by atoms with E-state index in [9.17, 15) is 0 Å². The summed E-state index contributed by atoms with van der Waals surface area (Å²) in [5.74, 6) is -16.2. The maximum Gasteiger partial charge on any atom is 0.380 e. The quantitative estimate of drug-likeness (QED) is 0.149. The molecule has 1 unspecified atom stereocenters. The molecular formula is C46H40Br2F6S2. The van der Waals surface area contributed by atoms with E-state index in [2.05, 4.69) is 52.6 Å². The number of rotatable bonds is 6. The molecule has 0 radical (unpaired) electrons. The molecule has 3 aromatic carbocycles. The van der Waals surface area contributed by atoms with Crippen LogP contribution < -0.4 is 0 Å². The van der Waals surface area contributed by atoms with Crippen LogP contribution in [0.15, 0.2) is 118 Å². The van der Waals surface area contributed by atoms with Crippen molar-refractivity contribution in [2.75, 3.05) is 0 Å². The number of halogens is 8. The van der Waals surface area contributed by atoms with Crippen LogP contribution in [0.3, 0.4) is 0 Å². The molecule has 0 spiro atoms. The zero-order chi connectivity index (χ0) is 40.8. The Kier molecular flexibility index (Phi) is 10.2. The van der Waals surface area contributed by atoms with Gasteiger partial charge in [0.15, 0.2) is 0 Å². The van der Waals surface area contributed by atoms with Gasteiger partial charge in [0.05, 0.1) is 0 Å². The lowest BCUT2D eigenvalue weighted by Gasteiger charge is -2.32. The third kappa shape index (κ3) is 6.94. The zero-order valence-electron chi connectivity index (χ0n) is 31.9. The van der Waals surface area contributed by atoms with Gasteiger partial charge in [0, 0.05) is 50.6 Å². The Bertz CT molecular complexity index is 2400. The zero-order valence-corrected chi connectivity index (χ0v) is 36.7. The minimum atomic E-state index is -5.72. The number of hydrogen-bond acceptors (Lipinski definition) is 2. The van der Waals surface area contributed by atoms with E-state index in [1.54, 1.807) is 60.7 Å². The number of alkyl halides is 6. The second-order valence-corrected chi connectivity index (χ2v) is 20.8. The van der Waals surface area contributed by atoms with Crippen LogP contribution in [0, 0.1) is 5.41 Å². The van der Waals surface area contributed by atoms with E-state index in [4.69, 9.17) is 0 Å². The molecule has 2 aliphatic rings. The highest BCUT2D eigenvalue weighted by Crippen LogP contribution is 2.67. The van der Waals surface area contributed by atoms with E-state index < -0.39 is 34.3 Å². The molecule has 7 rings (SSSR count). The lowest BCUT2D eigenvalue weighted by Crippen LogP contribution is -2.49. The van der Waals surface area contributed by atoms with E-state index in [0.717, 1.165) is 31.4 Å². The normalized spacial score (nSPS) is 20.4. The summed E-state index contributed by atoms with van der Waals surface area (Å²) in [5, 5.41) is 0. The largest absolute Gasteiger partial charge is 0.380 e. The van der Waals surface area contributed by atoms with E-state index in [1.165, 1.54) is 23.5 Å². The van der Waals surface area contributed by atoms with Gasteiger partial charge in [-0.3, -0.25) is 0 Å². The van der Waals surface area contributed by atoms with Crippen LogP contribution in [-0.4, -0.2) is 17.8 Å². The molecule has 5 aromatic rings. The van der Waals surface area contributed by atoms with Gasteiger partial charge in [-0.15, -0.1) is 22.7 Å². The highest BCUT2D eigenvalue weighted by Gasteiger charge is 2.80. The molecule has 292 valence electrons. The lowest BCUT2D eigenvalue weighted by atomic mass is 9.74. The second kappa shape index (κ2) is 14.0. The number of benzene rings is 3. The van der Waals surface area contributed by atoms with Crippen molar-refractivity contribution in [3.8, 4) is 31.3 Å². The number of allylic oxidation sites excluding steroid dienone is 6. The molecule has 2 aromatic heterocycles. The van der Waals surface area contributed by atoms with Crippen LogP contribution >= 0.6 is 54.5 Å². The molecule has 0 saturated heterocycles. The van der Waals surface area contributed by atoms with Gasteiger partial charge in [0.25, 0.3) is 0 Å². The van der Waals surface area contributed by atoms with Gasteiger partial charge < -0.3 is 0 Å². The van der Waals surface area contributed by atoms with Crippen molar-refractivity contribution in [3.63, 3.8) is 0 Å². The van der Waals surface area contributed by atoms with Gasteiger partial charge in [0.2, 0.25) is 0 Å². The Hall–Kier alpha value is -3.18. The molecule has 1 atom stereocenters. The van der Waals surface area contributed by atoms with Crippen molar-refractivity contribution < 1.29 is 26.3 Å². The van der Waals surface area contributed by atoms with Crippen molar-refractivity contribution in [1.29, 1.82) is 0 Å². The maximum absolute atomic E-state index is 16.8. The number of hydrogen-bond donors (Lipinski definition) is 0. The first-order chi connectivity index (χ1) is 26.0. The van der Waals surface area contributed by atoms with Gasteiger partial charge in [-0.2, -0.15) is 26.3 Å². The predicted octanol–water partition coefficient (Wildman–Crippen LogP) is 16.7. The van der Waals surface area contributed by atoms with E-state index in [0.29, 0.717) is 37.7 Å². The van der Waals surface area contributed by atoms with Crippen LogP contribution in [0.4, 0.5) is 26.3 Å². The summed E-state index contributed by atoms with van der Waals surface area (Å²) in [6.45, 7) is 14.1. The van der Waals surface area contributed by atoms with E-state index >= 15 is 26.3 Å². The highest BCUT2D eigenvalue weighted by atomic mass is 79.9. The van der Waals surface area contributed by atoms with Crippen LogP contribution in [0.2, 0.25) is 0 Å². The molecule has 0 nitrogen and oxygen atoms in total. The standard InChI is InChI=1S/C46H40Br2F6S2/c1-41(2,3)29-14-8-28(9-15-29)39-33(24-35(55-39)26-10-16-31(47)17-11-26)37-38(45(51,52)46(53,54)44(37,49)50)34-25-36(27-12-18-32(48)19-13-27)56-40(34)43(7)22-20-30(21-23-43)42(4,5)6/h8-22,24-25H,23H2,1-7H3. The number of thiophene rings is 2. The van der Waals surface area contributed by atoms with Gasteiger partial charge in [-0.1, -0.05) is 147 Å². The maximum atomic E-state index is 16.8. The van der Waals surface area contributed by atoms with Gasteiger partial charge >= 0.3 is 17.8 Å². The molecule has 10 heteroatoms. The van der Waals surface area contributed by atoms with Crippen LogP contribution in [0.1, 0.15) is 76.5 Å². The average molecular weight is 931 g/mol. The summed E-state index contributed by atoms with van der Waals surface area (Å²) in [7, 11) is 0. The first-order valence-corrected chi connectivity index (χ1v) is 21.4. The van der Waals surface area contributed by atoms with Crippen molar-refractivity contribution in [2.24, 2.45) is 5.41 Å².